The summed E-state index contributed by atoms with van der Waals surface area (Å²) < 4.78 is 11.3. The van der Waals surface area contributed by atoms with Crippen molar-refractivity contribution in [2.75, 3.05) is 12.4 Å². The summed E-state index contributed by atoms with van der Waals surface area (Å²) in [5, 5.41) is 31.6. The molecule has 2 aromatic carbocycles. The van der Waals surface area contributed by atoms with Crippen molar-refractivity contribution in [1.82, 2.24) is 0 Å². The van der Waals surface area contributed by atoms with Crippen LogP contribution < -0.4 is 10.5 Å². The maximum atomic E-state index is 11.1. The van der Waals surface area contributed by atoms with Crippen LogP contribution in [0, 0.1) is 0 Å². The second kappa shape index (κ2) is 10.7. The fraction of sp³-hybridized carbons (Fsp3) is 0.409. The SMILES string of the molecule is CCOc1ccc(Cc2cc([C@@H]3O[C@H](SCC(N)=O)[C@@H](O)[C@H](O)[C@H]3O)ccc2Cl)cc1. The van der Waals surface area contributed by atoms with Crippen molar-refractivity contribution in [3.05, 3.63) is 64.2 Å². The molecule has 0 saturated carbocycles. The fourth-order valence-corrected chi connectivity index (χ4v) is 4.49. The second-order valence-electron chi connectivity index (χ2n) is 7.28. The van der Waals surface area contributed by atoms with Crippen LogP contribution >= 0.6 is 23.4 Å². The first-order chi connectivity index (χ1) is 14.8. The average Bonchev–Trinajstić information content (AvgIpc) is 2.75. The van der Waals surface area contributed by atoms with Crippen LogP contribution in [0.25, 0.3) is 0 Å². The summed E-state index contributed by atoms with van der Waals surface area (Å²) in [5.74, 6) is 0.139. The highest BCUT2D eigenvalue weighted by Crippen LogP contribution is 2.37. The zero-order chi connectivity index (χ0) is 22.5. The van der Waals surface area contributed by atoms with Crippen molar-refractivity contribution < 1.29 is 29.6 Å². The van der Waals surface area contributed by atoms with Crippen LogP contribution in [0.2, 0.25) is 5.02 Å². The molecule has 2 aromatic rings. The summed E-state index contributed by atoms with van der Waals surface area (Å²) in [5.41, 5.74) is 6.70. The molecule has 0 radical (unpaired) electrons. The second-order valence-corrected chi connectivity index (χ2v) is 8.77. The average molecular weight is 468 g/mol. The minimum absolute atomic E-state index is 0.0825. The number of ether oxygens (including phenoxy) is 2. The van der Waals surface area contributed by atoms with Gasteiger partial charge in [0.05, 0.1) is 12.4 Å². The molecule has 1 aliphatic rings. The number of halogens is 1. The van der Waals surface area contributed by atoms with Gasteiger partial charge in [-0.1, -0.05) is 35.9 Å². The maximum absolute atomic E-state index is 11.1. The van der Waals surface area contributed by atoms with Gasteiger partial charge in [-0.05, 0) is 48.2 Å². The zero-order valence-electron chi connectivity index (χ0n) is 17.0. The molecule has 168 valence electrons. The summed E-state index contributed by atoms with van der Waals surface area (Å²) in [6.45, 7) is 2.52. The lowest BCUT2D eigenvalue weighted by molar-refractivity contribution is -0.200. The largest absolute Gasteiger partial charge is 0.494 e. The molecule has 5 atom stereocenters. The lowest BCUT2D eigenvalue weighted by Gasteiger charge is -2.40. The Hall–Kier alpha value is -1.81. The molecule has 7 nitrogen and oxygen atoms in total. The van der Waals surface area contributed by atoms with E-state index in [9.17, 15) is 20.1 Å². The highest BCUT2D eigenvalue weighted by Gasteiger charge is 2.44. The van der Waals surface area contributed by atoms with Gasteiger partial charge < -0.3 is 30.5 Å². The van der Waals surface area contributed by atoms with Gasteiger partial charge in [0.1, 0.15) is 35.6 Å². The number of carbonyl (C=O) groups excluding carboxylic acids is 1. The van der Waals surface area contributed by atoms with Crippen molar-refractivity contribution in [3.8, 4) is 5.75 Å². The van der Waals surface area contributed by atoms with Crippen LogP contribution in [-0.4, -0.2) is 57.3 Å². The number of aliphatic hydroxyl groups excluding tert-OH is 3. The van der Waals surface area contributed by atoms with E-state index in [-0.39, 0.29) is 5.75 Å². The molecule has 5 N–H and O–H groups in total. The molecule has 1 saturated heterocycles. The molecule has 31 heavy (non-hydrogen) atoms. The summed E-state index contributed by atoms with van der Waals surface area (Å²) in [4.78, 5) is 11.1. The first kappa shape index (κ1) is 23.8. The summed E-state index contributed by atoms with van der Waals surface area (Å²) in [6.07, 6.45) is -4.49. The van der Waals surface area contributed by atoms with Gasteiger partial charge in [-0.25, -0.2) is 0 Å². The Labute approximate surface area is 190 Å². The summed E-state index contributed by atoms with van der Waals surface area (Å²) in [7, 11) is 0. The number of nitrogens with two attached hydrogens (primary N) is 1. The number of benzene rings is 2. The Bertz CT molecular complexity index is 896. The smallest absolute Gasteiger partial charge is 0.227 e. The first-order valence-corrected chi connectivity index (χ1v) is 11.3. The molecular formula is C22H26ClNO6S. The highest BCUT2D eigenvalue weighted by molar-refractivity contribution is 8.00. The number of rotatable bonds is 8. The molecule has 0 bridgehead atoms. The third-order valence-electron chi connectivity index (χ3n) is 4.99. The van der Waals surface area contributed by atoms with Crippen LogP contribution in [0.1, 0.15) is 29.7 Å². The number of amides is 1. The van der Waals surface area contributed by atoms with Gasteiger partial charge in [0.2, 0.25) is 5.91 Å². The molecule has 1 heterocycles. The fourth-order valence-electron chi connectivity index (χ4n) is 3.42. The van der Waals surface area contributed by atoms with Gasteiger partial charge in [-0.3, -0.25) is 4.79 Å². The van der Waals surface area contributed by atoms with Crippen molar-refractivity contribution in [1.29, 1.82) is 0 Å². The molecule has 1 amide bonds. The lowest BCUT2D eigenvalue weighted by atomic mass is 9.92. The van der Waals surface area contributed by atoms with Gasteiger partial charge in [0, 0.05) is 5.02 Å². The Morgan fingerprint density at radius 2 is 1.84 bits per heavy atom. The van der Waals surface area contributed by atoms with E-state index in [0.717, 1.165) is 28.6 Å². The molecular weight excluding hydrogens is 442 g/mol. The molecule has 9 heteroatoms. The maximum Gasteiger partial charge on any atom is 0.227 e. The number of primary amides is 1. The van der Waals surface area contributed by atoms with E-state index in [2.05, 4.69) is 0 Å². The van der Waals surface area contributed by atoms with Crippen LogP contribution in [0.3, 0.4) is 0 Å². The minimum atomic E-state index is -1.44. The topological polar surface area (TPSA) is 122 Å². The van der Waals surface area contributed by atoms with E-state index < -0.39 is 35.8 Å². The van der Waals surface area contributed by atoms with Crippen molar-refractivity contribution >= 4 is 29.3 Å². The number of carbonyl (C=O) groups is 1. The van der Waals surface area contributed by atoms with Crippen LogP contribution in [0.15, 0.2) is 42.5 Å². The van der Waals surface area contributed by atoms with E-state index in [1.54, 1.807) is 12.1 Å². The van der Waals surface area contributed by atoms with E-state index in [1.807, 2.05) is 37.3 Å². The molecule has 0 aromatic heterocycles. The van der Waals surface area contributed by atoms with Crippen LogP contribution in [0.5, 0.6) is 5.75 Å². The first-order valence-electron chi connectivity index (χ1n) is 9.89. The molecule has 3 rings (SSSR count). The molecule has 0 spiro atoms. The third kappa shape index (κ3) is 5.91. The monoisotopic (exact) mass is 467 g/mol. The Morgan fingerprint density at radius 3 is 2.48 bits per heavy atom. The third-order valence-corrected chi connectivity index (χ3v) is 6.53. The predicted molar refractivity (Wildman–Crippen MR) is 119 cm³/mol. The van der Waals surface area contributed by atoms with Crippen molar-refractivity contribution in [2.24, 2.45) is 5.73 Å². The minimum Gasteiger partial charge on any atom is -0.494 e. The van der Waals surface area contributed by atoms with Crippen LogP contribution in [-0.2, 0) is 16.0 Å². The van der Waals surface area contributed by atoms with E-state index in [1.165, 1.54) is 0 Å². The summed E-state index contributed by atoms with van der Waals surface area (Å²) >= 11 is 7.37. The zero-order valence-corrected chi connectivity index (χ0v) is 18.6. The molecule has 1 aliphatic heterocycles. The summed E-state index contributed by atoms with van der Waals surface area (Å²) in [6, 6.07) is 12.9. The van der Waals surface area contributed by atoms with Gasteiger partial charge in [-0.2, -0.15) is 0 Å². The predicted octanol–water partition coefficient (Wildman–Crippen LogP) is 2.03. The molecule has 0 aliphatic carbocycles. The number of hydrogen-bond acceptors (Lipinski definition) is 7. The standard InChI is InChI=1S/C22H26ClNO6S/c1-2-29-15-6-3-12(4-7-15)9-14-10-13(5-8-16(14)23)21-19(27)18(26)20(28)22(30-21)31-11-17(24)25/h3-8,10,18-22,26-28H,2,9,11H2,1H3,(H2,24,25)/t18-,19-,20+,21+,22-/m1/s1. The van der Waals surface area contributed by atoms with E-state index >= 15 is 0 Å². The van der Waals surface area contributed by atoms with E-state index in [4.69, 9.17) is 26.8 Å². The number of thioether (sulfide) groups is 1. The van der Waals surface area contributed by atoms with Gasteiger partial charge in [0.15, 0.2) is 0 Å². The molecule has 0 unspecified atom stereocenters. The van der Waals surface area contributed by atoms with Gasteiger partial charge in [-0.15, -0.1) is 11.8 Å². The van der Waals surface area contributed by atoms with Crippen LogP contribution in [0.4, 0.5) is 0 Å². The Morgan fingerprint density at radius 1 is 1.13 bits per heavy atom. The number of aliphatic hydroxyl groups is 3. The normalized spacial score (nSPS) is 25.9. The van der Waals surface area contributed by atoms with Crippen molar-refractivity contribution in [3.63, 3.8) is 0 Å². The highest BCUT2D eigenvalue weighted by atomic mass is 35.5. The Kier molecular flexibility index (Phi) is 8.21. The van der Waals surface area contributed by atoms with E-state index in [0.29, 0.717) is 23.6 Å². The van der Waals surface area contributed by atoms with Gasteiger partial charge >= 0.3 is 0 Å². The number of hydrogen-bond donors (Lipinski definition) is 4. The Balaban J connectivity index is 1.80. The quantitative estimate of drug-likeness (QED) is 0.468. The lowest BCUT2D eigenvalue weighted by Crippen LogP contribution is -2.53. The van der Waals surface area contributed by atoms with Crippen molar-refractivity contribution in [2.45, 2.75) is 43.2 Å². The molecule has 1 fully saturated rings. The van der Waals surface area contributed by atoms with Gasteiger partial charge in [0.25, 0.3) is 0 Å².